The van der Waals surface area contributed by atoms with Gasteiger partial charge in [0.25, 0.3) is 0 Å². The molecule has 0 aromatic carbocycles. The van der Waals surface area contributed by atoms with E-state index in [1.807, 2.05) is 11.8 Å². The van der Waals surface area contributed by atoms with Gasteiger partial charge in [-0.3, -0.25) is 9.59 Å². The predicted octanol–water partition coefficient (Wildman–Crippen LogP) is 0.229. The molecule has 4 nitrogen and oxygen atoms in total. The maximum atomic E-state index is 11.9. The highest BCUT2D eigenvalue weighted by molar-refractivity contribution is 7.99. The zero-order valence-electron chi connectivity index (χ0n) is 8.86. The zero-order valence-corrected chi connectivity index (χ0v) is 9.68. The summed E-state index contributed by atoms with van der Waals surface area (Å²) in [6.07, 6.45) is 2.05. The molecule has 15 heavy (non-hydrogen) atoms. The zero-order chi connectivity index (χ0) is 10.8. The van der Waals surface area contributed by atoms with Crippen LogP contribution in [0.25, 0.3) is 0 Å². The molecule has 0 aromatic rings. The molecule has 0 radical (unpaired) electrons. The summed E-state index contributed by atoms with van der Waals surface area (Å²) in [4.78, 5) is 25.0. The normalized spacial score (nSPS) is 29.1. The van der Waals surface area contributed by atoms with Gasteiger partial charge in [-0.05, 0) is 31.3 Å². The summed E-state index contributed by atoms with van der Waals surface area (Å²) in [5.41, 5.74) is 0. The average Bonchev–Trinajstić information content (AvgIpc) is 2.24. The number of nitrogens with zero attached hydrogens (tertiary/aromatic N) is 1. The Morgan fingerprint density at radius 3 is 2.67 bits per heavy atom. The molecule has 5 heteroatoms. The Morgan fingerprint density at radius 1 is 1.33 bits per heavy atom. The Morgan fingerprint density at radius 2 is 2.00 bits per heavy atom. The summed E-state index contributed by atoms with van der Waals surface area (Å²) in [7, 11) is 0. The van der Waals surface area contributed by atoms with Crippen LogP contribution in [0.5, 0.6) is 0 Å². The number of amides is 2. The summed E-state index contributed by atoms with van der Waals surface area (Å²) in [5.74, 6) is 2.25. The minimum Gasteiger partial charge on any atom is -0.343 e. The fourth-order valence-electron chi connectivity index (χ4n) is 2.14. The summed E-state index contributed by atoms with van der Waals surface area (Å²) in [6.45, 7) is 2.00. The second-order valence-corrected chi connectivity index (χ2v) is 5.32. The number of hydrogen-bond donors (Lipinski definition) is 1. The quantitative estimate of drug-likeness (QED) is 0.699. The van der Waals surface area contributed by atoms with Crippen LogP contribution in [0.15, 0.2) is 0 Å². The smallest absolute Gasteiger partial charge is 0.245 e. The SMILES string of the molecule is CC1NC(=O)CN(C2CCSCC2)C1=O. The first-order chi connectivity index (χ1) is 7.18. The van der Waals surface area contributed by atoms with Crippen molar-refractivity contribution in [3.05, 3.63) is 0 Å². The van der Waals surface area contributed by atoms with Crippen molar-refractivity contribution in [3.63, 3.8) is 0 Å². The van der Waals surface area contributed by atoms with Crippen LogP contribution in [0.2, 0.25) is 0 Å². The molecule has 0 aromatic heterocycles. The molecule has 2 amide bonds. The lowest BCUT2D eigenvalue weighted by Crippen LogP contribution is -2.60. The summed E-state index contributed by atoms with van der Waals surface area (Å²) in [6, 6.07) is -0.0620. The van der Waals surface area contributed by atoms with Crippen LogP contribution < -0.4 is 5.32 Å². The lowest BCUT2D eigenvalue weighted by Gasteiger charge is -2.38. The predicted molar refractivity (Wildman–Crippen MR) is 59.7 cm³/mol. The van der Waals surface area contributed by atoms with E-state index in [4.69, 9.17) is 0 Å². The van der Waals surface area contributed by atoms with E-state index >= 15 is 0 Å². The van der Waals surface area contributed by atoms with Crippen LogP contribution in [0.1, 0.15) is 19.8 Å². The largest absolute Gasteiger partial charge is 0.343 e. The molecule has 2 saturated heterocycles. The highest BCUT2D eigenvalue weighted by Gasteiger charge is 2.34. The van der Waals surface area contributed by atoms with Gasteiger partial charge in [0.15, 0.2) is 0 Å². The fraction of sp³-hybridized carbons (Fsp3) is 0.800. The second-order valence-electron chi connectivity index (χ2n) is 4.10. The standard InChI is InChI=1S/C10H16N2O2S/c1-7-10(14)12(6-9(13)11-7)8-2-4-15-5-3-8/h7-8H,2-6H2,1H3,(H,11,13). The van der Waals surface area contributed by atoms with E-state index < -0.39 is 0 Å². The number of rotatable bonds is 1. The van der Waals surface area contributed by atoms with E-state index in [2.05, 4.69) is 5.32 Å². The summed E-state index contributed by atoms with van der Waals surface area (Å²) < 4.78 is 0. The van der Waals surface area contributed by atoms with Crippen LogP contribution in [0.4, 0.5) is 0 Å². The first-order valence-electron chi connectivity index (χ1n) is 5.36. The molecule has 1 unspecified atom stereocenters. The van der Waals surface area contributed by atoms with E-state index in [1.165, 1.54) is 0 Å². The number of carbonyl (C=O) groups is 2. The van der Waals surface area contributed by atoms with Crippen molar-refractivity contribution in [2.24, 2.45) is 0 Å². The van der Waals surface area contributed by atoms with Gasteiger partial charge in [-0.15, -0.1) is 0 Å². The number of carbonyl (C=O) groups excluding carboxylic acids is 2. The molecule has 1 atom stereocenters. The molecule has 2 aliphatic rings. The van der Waals surface area contributed by atoms with Crippen molar-refractivity contribution in [2.45, 2.75) is 31.8 Å². The Balaban J connectivity index is 2.05. The van der Waals surface area contributed by atoms with E-state index in [1.54, 1.807) is 11.8 Å². The molecule has 2 rings (SSSR count). The molecular weight excluding hydrogens is 212 g/mol. The van der Waals surface area contributed by atoms with Gasteiger partial charge in [0.2, 0.25) is 11.8 Å². The van der Waals surface area contributed by atoms with Gasteiger partial charge in [-0.2, -0.15) is 11.8 Å². The van der Waals surface area contributed by atoms with Crippen molar-refractivity contribution < 1.29 is 9.59 Å². The van der Waals surface area contributed by atoms with E-state index in [-0.39, 0.29) is 30.4 Å². The molecule has 0 spiro atoms. The Bertz CT molecular complexity index is 277. The number of piperazine rings is 1. The maximum absolute atomic E-state index is 11.9. The van der Waals surface area contributed by atoms with Crippen molar-refractivity contribution in [3.8, 4) is 0 Å². The molecule has 0 saturated carbocycles. The van der Waals surface area contributed by atoms with E-state index in [0.29, 0.717) is 0 Å². The van der Waals surface area contributed by atoms with E-state index in [0.717, 1.165) is 24.3 Å². The van der Waals surface area contributed by atoms with Crippen molar-refractivity contribution in [1.29, 1.82) is 0 Å². The van der Waals surface area contributed by atoms with Gasteiger partial charge in [0.1, 0.15) is 6.04 Å². The highest BCUT2D eigenvalue weighted by Crippen LogP contribution is 2.23. The van der Waals surface area contributed by atoms with E-state index in [9.17, 15) is 9.59 Å². The Labute approximate surface area is 93.8 Å². The Kier molecular flexibility index (Phi) is 3.19. The van der Waals surface area contributed by atoms with Crippen LogP contribution >= 0.6 is 11.8 Å². The third kappa shape index (κ3) is 2.27. The monoisotopic (exact) mass is 228 g/mol. The topological polar surface area (TPSA) is 49.4 Å². The van der Waals surface area contributed by atoms with Gasteiger partial charge in [0.05, 0.1) is 6.54 Å². The Hall–Kier alpha value is -0.710. The molecule has 1 N–H and O–H groups in total. The van der Waals surface area contributed by atoms with Gasteiger partial charge in [-0.25, -0.2) is 0 Å². The third-order valence-electron chi connectivity index (χ3n) is 2.98. The molecular formula is C10H16N2O2S. The number of hydrogen-bond acceptors (Lipinski definition) is 3. The molecule has 84 valence electrons. The summed E-state index contributed by atoms with van der Waals surface area (Å²) >= 11 is 1.93. The minimum absolute atomic E-state index is 0.0275. The molecule has 2 heterocycles. The average molecular weight is 228 g/mol. The third-order valence-corrected chi connectivity index (χ3v) is 4.03. The first-order valence-corrected chi connectivity index (χ1v) is 6.51. The van der Waals surface area contributed by atoms with Crippen LogP contribution in [-0.4, -0.2) is 46.8 Å². The highest BCUT2D eigenvalue weighted by atomic mass is 32.2. The fourth-order valence-corrected chi connectivity index (χ4v) is 3.22. The van der Waals surface area contributed by atoms with Gasteiger partial charge in [-0.1, -0.05) is 0 Å². The number of nitrogens with one attached hydrogen (secondary N) is 1. The van der Waals surface area contributed by atoms with Crippen LogP contribution in [-0.2, 0) is 9.59 Å². The molecule has 0 aliphatic carbocycles. The van der Waals surface area contributed by atoms with Crippen molar-refractivity contribution >= 4 is 23.6 Å². The molecule has 2 aliphatic heterocycles. The first kappa shape index (κ1) is 10.8. The molecule has 2 fully saturated rings. The van der Waals surface area contributed by atoms with Gasteiger partial charge < -0.3 is 10.2 Å². The minimum atomic E-state index is -0.346. The van der Waals surface area contributed by atoms with Crippen LogP contribution in [0.3, 0.4) is 0 Å². The summed E-state index contributed by atoms with van der Waals surface area (Å²) in [5, 5.41) is 2.66. The number of thioether (sulfide) groups is 1. The molecule has 0 bridgehead atoms. The van der Waals surface area contributed by atoms with Crippen LogP contribution in [0, 0.1) is 0 Å². The maximum Gasteiger partial charge on any atom is 0.245 e. The second kappa shape index (κ2) is 4.43. The van der Waals surface area contributed by atoms with Crippen molar-refractivity contribution in [1.82, 2.24) is 10.2 Å². The lowest BCUT2D eigenvalue weighted by molar-refractivity contribution is -0.146. The van der Waals surface area contributed by atoms with Gasteiger partial charge in [0, 0.05) is 6.04 Å². The van der Waals surface area contributed by atoms with Crippen molar-refractivity contribution in [2.75, 3.05) is 18.1 Å². The van der Waals surface area contributed by atoms with Gasteiger partial charge >= 0.3 is 0 Å². The lowest BCUT2D eigenvalue weighted by atomic mass is 10.1.